The van der Waals surface area contributed by atoms with E-state index in [9.17, 15) is 0 Å². The van der Waals surface area contributed by atoms with Crippen LogP contribution in [-0.4, -0.2) is 13.7 Å². The van der Waals surface area contributed by atoms with Crippen LogP contribution in [0.25, 0.3) is 0 Å². The summed E-state index contributed by atoms with van der Waals surface area (Å²) in [6.07, 6.45) is 0.900. The van der Waals surface area contributed by atoms with E-state index in [0.717, 1.165) is 28.2 Å². The minimum atomic E-state index is 0.223. The number of nitrogens with one attached hydrogen (secondary N) is 1. The molecule has 0 spiro atoms. The number of benzene rings is 2. The van der Waals surface area contributed by atoms with Gasteiger partial charge in [0.25, 0.3) is 0 Å². The standard InChI is InChI=1S/C17H19BrClNO/c1-3-20-17(10-12-4-6-13(19)7-5-12)15-11-14(21-2)8-9-16(15)18/h4-9,11,17,20H,3,10H2,1-2H3. The average molecular weight is 369 g/mol. The third-order valence-electron chi connectivity index (χ3n) is 3.38. The van der Waals surface area contributed by atoms with Crippen LogP contribution in [0.3, 0.4) is 0 Å². The van der Waals surface area contributed by atoms with E-state index < -0.39 is 0 Å². The molecule has 2 aromatic carbocycles. The van der Waals surface area contributed by atoms with Crippen molar-refractivity contribution in [1.29, 1.82) is 0 Å². The first kappa shape index (κ1) is 16.3. The van der Waals surface area contributed by atoms with Crippen molar-refractivity contribution in [2.24, 2.45) is 0 Å². The van der Waals surface area contributed by atoms with Crippen LogP contribution < -0.4 is 10.1 Å². The van der Waals surface area contributed by atoms with Gasteiger partial charge in [0.2, 0.25) is 0 Å². The summed E-state index contributed by atoms with van der Waals surface area (Å²) in [5, 5.41) is 4.30. The second kappa shape index (κ2) is 7.83. The number of methoxy groups -OCH3 is 1. The van der Waals surface area contributed by atoms with Crippen molar-refractivity contribution in [3.05, 3.63) is 63.1 Å². The van der Waals surface area contributed by atoms with Crippen molar-refractivity contribution in [2.75, 3.05) is 13.7 Å². The molecule has 1 atom stereocenters. The molecule has 0 amide bonds. The molecule has 0 aliphatic carbocycles. The molecule has 0 radical (unpaired) electrons. The van der Waals surface area contributed by atoms with Gasteiger partial charge in [-0.3, -0.25) is 0 Å². The average Bonchev–Trinajstić information content (AvgIpc) is 2.49. The summed E-state index contributed by atoms with van der Waals surface area (Å²) in [6, 6.07) is 14.3. The first-order valence-corrected chi connectivity index (χ1v) is 8.12. The van der Waals surface area contributed by atoms with Crippen molar-refractivity contribution in [3.8, 4) is 5.75 Å². The highest BCUT2D eigenvalue weighted by Crippen LogP contribution is 2.30. The summed E-state index contributed by atoms with van der Waals surface area (Å²) in [6.45, 7) is 3.02. The smallest absolute Gasteiger partial charge is 0.119 e. The fourth-order valence-electron chi connectivity index (χ4n) is 2.31. The van der Waals surface area contributed by atoms with Crippen LogP contribution in [0.1, 0.15) is 24.1 Å². The van der Waals surface area contributed by atoms with E-state index in [4.69, 9.17) is 16.3 Å². The highest BCUT2D eigenvalue weighted by Gasteiger charge is 2.15. The Balaban J connectivity index is 2.27. The van der Waals surface area contributed by atoms with Gasteiger partial charge in [-0.15, -0.1) is 0 Å². The Kier molecular flexibility index (Phi) is 6.09. The van der Waals surface area contributed by atoms with Crippen molar-refractivity contribution in [1.82, 2.24) is 5.32 Å². The Morgan fingerprint density at radius 3 is 2.52 bits per heavy atom. The van der Waals surface area contributed by atoms with E-state index >= 15 is 0 Å². The zero-order chi connectivity index (χ0) is 15.2. The van der Waals surface area contributed by atoms with Crippen molar-refractivity contribution < 1.29 is 4.74 Å². The van der Waals surface area contributed by atoms with E-state index in [2.05, 4.69) is 46.4 Å². The van der Waals surface area contributed by atoms with Crippen LogP contribution in [0.4, 0.5) is 0 Å². The van der Waals surface area contributed by atoms with Crippen LogP contribution in [0.15, 0.2) is 46.9 Å². The third-order valence-corrected chi connectivity index (χ3v) is 4.36. The second-order valence-corrected chi connectivity index (χ2v) is 6.12. The van der Waals surface area contributed by atoms with Gasteiger partial charge in [0.05, 0.1) is 7.11 Å². The summed E-state index contributed by atoms with van der Waals surface area (Å²) in [7, 11) is 1.69. The van der Waals surface area contributed by atoms with E-state index in [1.807, 2.05) is 24.3 Å². The predicted octanol–water partition coefficient (Wildman–Crippen LogP) is 5.00. The predicted molar refractivity (Wildman–Crippen MR) is 92.3 cm³/mol. The van der Waals surface area contributed by atoms with Gasteiger partial charge >= 0.3 is 0 Å². The van der Waals surface area contributed by atoms with E-state index in [-0.39, 0.29) is 6.04 Å². The summed E-state index contributed by atoms with van der Waals surface area (Å²) in [5.41, 5.74) is 2.45. The molecule has 112 valence electrons. The van der Waals surface area contributed by atoms with E-state index in [1.165, 1.54) is 11.1 Å². The number of halogens is 2. The Hall–Kier alpha value is -1.03. The molecule has 0 saturated heterocycles. The summed E-state index contributed by atoms with van der Waals surface area (Å²) >= 11 is 9.59. The number of rotatable bonds is 6. The zero-order valence-corrected chi connectivity index (χ0v) is 14.5. The van der Waals surface area contributed by atoms with Gasteiger partial charge in [0.15, 0.2) is 0 Å². The lowest BCUT2D eigenvalue weighted by Gasteiger charge is -2.20. The Morgan fingerprint density at radius 2 is 1.90 bits per heavy atom. The molecule has 2 rings (SSSR count). The minimum absolute atomic E-state index is 0.223. The molecule has 0 aliphatic rings. The zero-order valence-electron chi connectivity index (χ0n) is 12.2. The number of hydrogen-bond acceptors (Lipinski definition) is 2. The van der Waals surface area contributed by atoms with Gasteiger partial charge in [-0.05, 0) is 54.4 Å². The molecular weight excluding hydrogens is 350 g/mol. The molecule has 1 unspecified atom stereocenters. The van der Waals surface area contributed by atoms with Gasteiger partial charge in [0.1, 0.15) is 5.75 Å². The lowest BCUT2D eigenvalue weighted by atomic mass is 9.98. The summed E-state index contributed by atoms with van der Waals surface area (Å²) < 4.78 is 6.42. The van der Waals surface area contributed by atoms with Gasteiger partial charge < -0.3 is 10.1 Å². The van der Waals surface area contributed by atoms with Crippen LogP contribution in [-0.2, 0) is 6.42 Å². The summed E-state index contributed by atoms with van der Waals surface area (Å²) in [5.74, 6) is 0.868. The molecule has 0 aromatic heterocycles. The van der Waals surface area contributed by atoms with Gasteiger partial charge in [-0.2, -0.15) is 0 Å². The third kappa shape index (κ3) is 4.47. The maximum absolute atomic E-state index is 5.95. The molecular formula is C17H19BrClNO. The monoisotopic (exact) mass is 367 g/mol. The largest absolute Gasteiger partial charge is 0.497 e. The molecule has 2 nitrogen and oxygen atoms in total. The second-order valence-electron chi connectivity index (χ2n) is 4.83. The molecule has 21 heavy (non-hydrogen) atoms. The van der Waals surface area contributed by atoms with Crippen molar-refractivity contribution in [2.45, 2.75) is 19.4 Å². The molecule has 1 N–H and O–H groups in total. The number of hydrogen-bond donors (Lipinski definition) is 1. The molecule has 4 heteroatoms. The van der Waals surface area contributed by atoms with Crippen molar-refractivity contribution >= 4 is 27.5 Å². The fraction of sp³-hybridized carbons (Fsp3) is 0.294. The fourth-order valence-corrected chi connectivity index (χ4v) is 2.96. The number of likely N-dealkylation sites (N-methyl/N-ethyl adjacent to an activating group) is 1. The first-order chi connectivity index (χ1) is 10.1. The van der Waals surface area contributed by atoms with E-state index in [1.54, 1.807) is 7.11 Å². The van der Waals surface area contributed by atoms with Gasteiger partial charge in [0, 0.05) is 15.5 Å². The van der Waals surface area contributed by atoms with Gasteiger partial charge in [-0.25, -0.2) is 0 Å². The van der Waals surface area contributed by atoms with Crippen LogP contribution in [0.5, 0.6) is 5.75 Å². The SMILES string of the molecule is CCNC(Cc1ccc(Cl)cc1)c1cc(OC)ccc1Br. The highest BCUT2D eigenvalue weighted by molar-refractivity contribution is 9.10. The first-order valence-electron chi connectivity index (χ1n) is 6.95. The van der Waals surface area contributed by atoms with Gasteiger partial charge in [-0.1, -0.05) is 46.6 Å². The maximum atomic E-state index is 5.95. The molecule has 0 saturated carbocycles. The molecule has 2 aromatic rings. The minimum Gasteiger partial charge on any atom is -0.497 e. The number of ether oxygens (including phenoxy) is 1. The molecule has 0 aliphatic heterocycles. The van der Waals surface area contributed by atoms with Crippen molar-refractivity contribution in [3.63, 3.8) is 0 Å². The normalized spacial score (nSPS) is 12.2. The summed E-state index contributed by atoms with van der Waals surface area (Å²) in [4.78, 5) is 0. The lowest BCUT2D eigenvalue weighted by Crippen LogP contribution is -2.23. The van der Waals surface area contributed by atoms with Crippen LogP contribution >= 0.6 is 27.5 Å². The Labute approximate surface area is 139 Å². The highest BCUT2D eigenvalue weighted by atomic mass is 79.9. The Morgan fingerprint density at radius 1 is 1.19 bits per heavy atom. The Bertz CT molecular complexity index is 586. The van der Waals surface area contributed by atoms with Crippen LogP contribution in [0, 0.1) is 0 Å². The molecule has 0 heterocycles. The van der Waals surface area contributed by atoms with Crippen LogP contribution in [0.2, 0.25) is 5.02 Å². The molecule has 0 bridgehead atoms. The topological polar surface area (TPSA) is 21.3 Å². The quantitative estimate of drug-likeness (QED) is 0.774. The lowest BCUT2D eigenvalue weighted by molar-refractivity contribution is 0.412. The maximum Gasteiger partial charge on any atom is 0.119 e. The van der Waals surface area contributed by atoms with E-state index in [0.29, 0.717) is 0 Å². The molecule has 0 fully saturated rings.